The largest absolute Gasteiger partial charge is 0.372 e. The Kier molecular flexibility index (Phi) is 11.9. The van der Waals surface area contributed by atoms with Crippen molar-refractivity contribution in [1.82, 2.24) is 16.0 Å². The lowest BCUT2D eigenvalue weighted by Gasteiger charge is -2.45. The molecule has 0 aromatic heterocycles. The molecule has 2 aliphatic rings. The van der Waals surface area contributed by atoms with Crippen LogP contribution in [0.5, 0.6) is 0 Å². The number of rotatable bonds is 9. The molecule has 1 aliphatic carbocycles. The van der Waals surface area contributed by atoms with E-state index in [0.29, 0.717) is 6.67 Å². The molecule has 0 bridgehead atoms. The fourth-order valence-electron chi connectivity index (χ4n) is 8.61. The standard InChI is InChI=1S/C49H42N4.C6H10/c1-33-42-21-10-8-13-35(42)27-29-43(33)46(53-48(50)38-15-4-2-5-16-38)37-25-23-34(24-26-37)39-17-12-18-40(31-39)47-45-30-28-36-14-9-11-22-44(36)49(45,52-32-51-47)41-19-6-3-7-20-41;1-3-5-6-4-2/h2-31,46,48,51-53H,32,50H2,1H3;3-6H,1-2H3/b;5-3-,6-4-. The molecule has 0 saturated carbocycles. The summed E-state index contributed by atoms with van der Waals surface area (Å²) in [5.41, 5.74) is 20.6. The maximum absolute atomic E-state index is 6.83. The molecular weight excluding hydrogens is 717 g/mol. The van der Waals surface area contributed by atoms with Crippen LogP contribution >= 0.6 is 0 Å². The molecule has 292 valence electrons. The van der Waals surface area contributed by atoms with E-state index in [0.717, 1.165) is 22.4 Å². The molecule has 3 atom stereocenters. The van der Waals surface area contributed by atoms with Gasteiger partial charge in [0, 0.05) is 11.3 Å². The highest BCUT2D eigenvalue weighted by atomic mass is 15.2. The van der Waals surface area contributed by atoms with Gasteiger partial charge in [-0.2, -0.15) is 0 Å². The summed E-state index contributed by atoms with van der Waals surface area (Å²) in [4.78, 5) is 0. The quantitative estimate of drug-likeness (QED) is 0.0872. The van der Waals surface area contributed by atoms with Crippen molar-refractivity contribution in [2.75, 3.05) is 6.67 Å². The first-order chi connectivity index (χ1) is 29.0. The molecule has 3 unspecified atom stereocenters. The highest BCUT2D eigenvalue weighted by molar-refractivity contribution is 5.87. The average Bonchev–Trinajstić information content (AvgIpc) is 3.31. The van der Waals surface area contributed by atoms with Crippen molar-refractivity contribution in [3.8, 4) is 11.1 Å². The molecule has 4 heteroatoms. The molecule has 0 radical (unpaired) electrons. The zero-order valence-electron chi connectivity index (χ0n) is 34.1. The fourth-order valence-corrected chi connectivity index (χ4v) is 8.61. The SMILES string of the molecule is C/C=C\C=C/C.Cc1c(C(NC(N)c2ccccc2)c2ccc(-c3cccc(C4=C5C=Cc6ccccc6C5(c5ccccc5)NCN4)c3)cc2)ccc2ccccc12. The molecule has 0 fully saturated rings. The minimum Gasteiger partial charge on any atom is -0.372 e. The van der Waals surface area contributed by atoms with Crippen LogP contribution in [-0.4, -0.2) is 6.67 Å². The molecule has 5 N–H and O–H groups in total. The Morgan fingerprint density at radius 1 is 0.627 bits per heavy atom. The summed E-state index contributed by atoms with van der Waals surface area (Å²) in [6.07, 6.45) is 12.2. The number of benzene rings is 7. The second-order valence-electron chi connectivity index (χ2n) is 15.1. The molecule has 9 rings (SSSR count). The topological polar surface area (TPSA) is 62.1 Å². The van der Waals surface area contributed by atoms with Crippen LogP contribution in [0.3, 0.4) is 0 Å². The lowest BCUT2D eigenvalue weighted by atomic mass is 9.70. The minimum atomic E-state index is -0.464. The van der Waals surface area contributed by atoms with Crippen LogP contribution in [0.2, 0.25) is 0 Å². The van der Waals surface area contributed by atoms with Crippen molar-refractivity contribution in [1.29, 1.82) is 0 Å². The van der Waals surface area contributed by atoms with Crippen molar-refractivity contribution in [3.63, 3.8) is 0 Å². The number of nitrogens with two attached hydrogens (primary N) is 1. The third-order valence-electron chi connectivity index (χ3n) is 11.6. The molecule has 7 aromatic carbocycles. The van der Waals surface area contributed by atoms with Gasteiger partial charge in [0.15, 0.2) is 0 Å². The Hall–Kier alpha value is -6.56. The maximum Gasteiger partial charge on any atom is 0.0987 e. The van der Waals surface area contributed by atoms with E-state index in [1.54, 1.807) is 0 Å². The zero-order valence-corrected chi connectivity index (χ0v) is 34.1. The Labute approximate surface area is 349 Å². The van der Waals surface area contributed by atoms with Crippen LogP contribution in [0.25, 0.3) is 33.7 Å². The van der Waals surface area contributed by atoms with Crippen molar-refractivity contribution in [2.24, 2.45) is 5.73 Å². The van der Waals surface area contributed by atoms with Crippen LogP contribution in [0.1, 0.15) is 70.6 Å². The number of fused-ring (bicyclic) bond motifs is 4. The van der Waals surface area contributed by atoms with Gasteiger partial charge < -0.3 is 11.1 Å². The Balaban J connectivity index is 0.000000752. The highest BCUT2D eigenvalue weighted by Gasteiger charge is 2.43. The van der Waals surface area contributed by atoms with Gasteiger partial charge in [-0.15, -0.1) is 0 Å². The first kappa shape index (κ1) is 39.3. The van der Waals surface area contributed by atoms with Gasteiger partial charge in [-0.1, -0.05) is 200 Å². The van der Waals surface area contributed by atoms with E-state index in [2.05, 4.69) is 187 Å². The third-order valence-corrected chi connectivity index (χ3v) is 11.6. The molecular formula is C55H52N4. The van der Waals surface area contributed by atoms with Gasteiger partial charge in [0.2, 0.25) is 0 Å². The summed E-state index contributed by atoms with van der Waals surface area (Å²) >= 11 is 0. The Morgan fingerprint density at radius 2 is 1.31 bits per heavy atom. The second-order valence-corrected chi connectivity index (χ2v) is 15.1. The summed E-state index contributed by atoms with van der Waals surface area (Å²) < 4.78 is 0. The van der Waals surface area contributed by atoms with Gasteiger partial charge in [-0.3, -0.25) is 10.6 Å². The number of aryl methyl sites for hydroxylation is 1. The van der Waals surface area contributed by atoms with Crippen LogP contribution in [-0.2, 0) is 5.54 Å². The lowest BCUT2D eigenvalue weighted by Crippen LogP contribution is -2.53. The monoisotopic (exact) mass is 768 g/mol. The number of nitrogens with one attached hydrogen (secondary N) is 3. The summed E-state index contributed by atoms with van der Waals surface area (Å²) in [7, 11) is 0. The summed E-state index contributed by atoms with van der Waals surface area (Å²) in [6, 6.07) is 60.6. The van der Waals surface area contributed by atoms with Crippen LogP contribution in [0.4, 0.5) is 0 Å². The average molecular weight is 769 g/mol. The van der Waals surface area contributed by atoms with Gasteiger partial charge >= 0.3 is 0 Å². The second kappa shape index (κ2) is 17.9. The molecule has 1 aliphatic heterocycles. The van der Waals surface area contributed by atoms with E-state index < -0.39 is 5.54 Å². The number of hydrogen-bond donors (Lipinski definition) is 4. The summed E-state index contributed by atoms with van der Waals surface area (Å²) in [6.45, 7) is 6.86. The molecule has 59 heavy (non-hydrogen) atoms. The van der Waals surface area contributed by atoms with Gasteiger partial charge in [0.25, 0.3) is 0 Å². The van der Waals surface area contributed by atoms with Gasteiger partial charge in [0.05, 0.1) is 24.4 Å². The lowest BCUT2D eigenvalue weighted by molar-refractivity contribution is 0.439. The van der Waals surface area contributed by atoms with Gasteiger partial charge in [-0.25, -0.2) is 0 Å². The first-order valence-electron chi connectivity index (χ1n) is 20.6. The minimum absolute atomic E-state index is 0.104. The van der Waals surface area contributed by atoms with Crippen LogP contribution in [0.15, 0.2) is 206 Å². The first-order valence-corrected chi connectivity index (χ1v) is 20.6. The molecule has 0 saturated heterocycles. The Bertz CT molecular complexity index is 2650. The van der Waals surface area contributed by atoms with Crippen molar-refractivity contribution >= 4 is 22.5 Å². The van der Waals surface area contributed by atoms with E-state index in [1.807, 2.05) is 56.4 Å². The molecule has 0 amide bonds. The third kappa shape index (κ3) is 7.99. The predicted octanol–water partition coefficient (Wildman–Crippen LogP) is 12.1. The van der Waals surface area contributed by atoms with Crippen molar-refractivity contribution in [3.05, 3.63) is 250 Å². The van der Waals surface area contributed by atoms with Crippen molar-refractivity contribution in [2.45, 2.75) is 38.5 Å². The van der Waals surface area contributed by atoms with Gasteiger partial charge in [-0.05, 0) is 93.2 Å². The summed E-state index contributed by atoms with van der Waals surface area (Å²) in [5, 5.41) is 13.9. The number of allylic oxidation sites excluding steroid dienone is 4. The highest BCUT2D eigenvalue weighted by Crippen LogP contribution is 2.46. The van der Waals surface area contributed by atoms with Crippen LogP contribution in [0, 0.1) is 6.92 Å². The zero-order chi connectivity index (χ0) is 40.6. The fraction of sp³-hybridized carbons (Fsp3) is 0.127. The van der Waals surface area contributed by atoms with Crippen molar-refractivity contribution < 1.29 is 0 Å². The molecule has 7 aromatic rings. The summed E-state index contributed by atoms with van der Waals surface area (Å²) in [5.74, 6) is 0. The van der Waals surface area contributed by atoms with E-state index >= 15 is 0 Å². The molecule has 1 heterocycles. The smallest absolute Gasteiger partial charge is 0.0987 e. The van der Waals surface area contributed by atoms with Crippen LogP contribution < -0.4 is 21.7 Å². The van der Waals surface area contributed by atoms with Gasteiger partial charge in [0.1, 0.15) is 0 Å². The maximum atomic E-state index is 6.83. The molecule has 0 spiro atoms. The number of hydrogen-bond acceptors (Lipinski definition) is 4. The van der Waals surface area contributed by atoms with E-state index in [9.17, 15) is 0 Å². The predicted molar refractivity (Wildman–Crippen MR) is 249 cm³/mol. The Morgan fingerprint density at radius 3 is 2.07 bits per heavy atom. The van der Waals surface area contributed by atoms with E-state index in [1.165, 1.54) is 55.3 Å². The van der Waals surface area contributed by atoms with E-state index in [-0.39, 0.29) is 12.2 Å². The normalized spacial score (nSPS) is 16.9. The molecule has 4 nitrogen and oxygen atoms in total. The van der Waals surface area contributed by atoms with E-state index in [4.69, 9.17) is 5.73 Å².